The van der Waals surface area contributed by atoms with E-state index in [2.05, 4.69) is 9.72 Å². The van der Waals surface area contributed by atoms with E-state index in [9.17, 15) is 8.78 Å². The van der Waals surface area contributed by atoms with Crippen LogP contribution in [0.15, 0.2) is 12.3 Å². The van der Waals surface area contributed by atoms with Crippen molar-refractivity contribution in [2.75, 3.05) is 7.11 Å². The number of aromatic nitrogens is 1. The highest BCUT2D eigenvalue weighted by Crippen LogP contribution is 2.23. The van der Waals surface area contributed by atoms with E-state index in [4.69, 9.17) is 10.00 Å². The minimum Gasteiger partial charge on any atom is -0.495 e. The zero-order valence-electron chi connectivity index (χ0n) is 7.20. The number of alkyl halides is 2. The van der Waals surface area contributed by atoms with Crippen molar-refractivity contribution in [1.29, 1.82) is 5.26 Å². The summed E-state index contributed by atoms with van der Waals surface area (Å²) in [5, 5.41) is 8.52. The Morgan fingerprint density at radius 1 is 1.57 bits per heavy atom. The summed E-state index contributed by atoms with van der Waals surface area (Å²) in [5.41, 5.74) is -0.203. The normalized spacial score (nSPS) is 9.64. The van der Waals surface area contributed by atoms with E-state index in [-0.39, 0.29) is 17.2 Å². The average Bonchev–Trinajstić information content (AvgIpc) is 2.16. The standard InChI is InChI=1S/C8H6F2N2O2/c1-13-5-2-7(14-8(9)10)6(3-11)12-4-5/h2,4,8H,1H3. The summed E-state index contributed by atoms with van der Waals surface area (Å²) in [6, 6.07) is 2.81. The monoisotopic (exact) mass is 200 g/mol. The number of halogens is 2. The van der Waals surface area contributed by atoms with Crippen LogP contribution in [0, 0.1) is 11.3 Å². The number of nitrogens with zero attached hydrogens (tertiary/aromatic N) is 2. The molecule has 14 heavy (non-hydrogen) atoms. The van der Waals surface area contributed by atoms with Crippen molar-refractivity contribution in [3.05, 3.63) is 18.0 Å². The van der Waals surface area contributed by atoms with Gasteiger partial charge in [-0.3, -0.25) is 0 Å². The van der Waals surface area contributed by atoms with E-state index in [0.717, 1.165) is 0 Å². The molecule has 1 heterocycles. The Morgan fingerprint density at radius 3 is 2.79 bits per heavy atom. The fraction of sp³-hybridized carbons (Fsp3) is 0.250. The molecule has 0 aliphatic carbocycles. The molecule has 0 aromatic carbocycles. The summed E-state index contributed by atoms with van der Waals surface area (Å²) < 4.78 is 32.6. The van der Waals surface area contributed by atoms with Crippen LogP contribution < -0.4 is 9.47 Å². The molecule has 0 amide bonds. The molecule has 0 atom stereocenters. The van der Waals surface area contributed by atoms with E-state index >= 15 is 0 Å². The fourth-order valence-corrected chi connectivity index (χ4v) is 0.808. The molecule has 0 bridgehead atoms. The SMILES string of the molecule is COc1cnc(C#N)c(OC(F)F)c1. The van der Waals surface area contributed by atoms with Crippen molar-refractivity contribution in [2.24, 2.45) is 0 Å². The van der Waals surface area contributed by atoms with Crippen molar-refractivity contribution >= 4 is 0 Å². The molecule has 0 aliphatic rings. The first kappa shape index (κ1) is 10.2. The number of nitriles is 1. The topological polar surface area (TPSA) is 55.1 Å². The largest absolute Gasteiger partial charge is 0.495 e. The number of ether oxygens (including phenoxy) is 2. The second-order valence-electron chi connectivity index (χ2n) is 2.21. The molecule has 0 unspecified atom stereocenters. The number of hydrogen-bond acceptors (Lipinski definition) is 4. The van der Waals surface area contributed by atoms with Gasteiger partial charge in [0.25, 0.3) is 0 Å². The average molecular weight is 200 g/mol. The molecular formula is C8H6F2N2O2. The molecule has 4 nitrogen and oxygen atoms in total. The maximum Gasteiger partial charge on any atom is 0.387 e. The summed E-state index contributed by atoms with van der Waals surface area (Å²) in [4.78, 5) is 3.58. The summed E-state index contributed by atoms with van der Waals surface area (Å²) in [5.74, 6) is -0.0403. The van der Waals surface area contributed by atoms with Gasteiger partial charge in [0.05, 0.1) is 13.3 Å². The Bertz CT molecular complexity index is 363. The molecule has 6 heteroatoms. The van der Waals surface area contributed by atoms with Gasteiger partial charge in [-0.05, 0) is 0 Å². The van der Waals surface area contributed by atoms with E-state index in [1.165, 1.54) is 19.4 Å². The summed E-state index contributed by atoms with van der Waals surface area (Å²) in [7, 11) is 1.36. The van der Waals surface area contributed by atoms with Gasteiger partial charge in [0.15, 0.2) is 11.4 Å². The van der Waals surface area contributed by atoms with E-state index in [1.54, 1.807) is 6.07 Å². The molecule has 0 radical (unpaired) electrons. The molecule has 0 spiro atoms. The van der Waals surface area contributed by atoms with Crippen LogP contribution in [0.25, 0.3) is 0 Å². The third-order valence-corrected chi connectivity index (χ3v) is 1.39. The second-order valence-corrected chi connectivity index (χ2v) is 2.21. The minimum absolute atomic E-state index is 0.203. The van der Waals surface area contributed by atoms with Crippen molar-refractivity contribution in [1.82, 2.24) is 4.98 Å². The highest BCUT2D eigenvalue weighted by molar-refractivity contribution is 5.41. The summed E-state index contributed by atoms with van der Waals surface area (Å²) >= 11 is 0. The quantitative estimate of drug-likeness (QED) is 0.742. The van der Waals surface area contributed by atoms with E-state index < -0.39 is 6.61 Å². The van der Waals surface area contributed by atoms with Crippen molar-refractivity contribution < 1.29 is 18.3 Å². The predicted molar refractivity (Wildman–Crippen MR) is 42.1 cm³/mol. The van der Waals surface area contributed by atoms with Crippen molar-refractivity contribution in [3.63, 3.8) is 0 Å². The first-order valence-electron chi connectivity index (χ1n) is 3.56. The maximum absolute atomic E-state index is 11.9. The third-order valence-electron chi connectivity index (χ3n) is 1.39. The van der Waals surface area contributed by atoms with Crippen LogP contribution in [-0.4, -0.2) is 18.7 Å². The molecule has 0 saturated heterocycles. The van der Waals surface area contributed by atoms with Crippen LogP contribution in [0.5, 0.6) is 11.5 Å². The third kappa shape index (κ3) is 2.29. The van der Waals surface area contributed by atoms with Gasteiger partial charge in [-0.1, -0.05) is 0 Å². The van der Waals surface area contributed by atoms with Crippen LogP contribution in [0.1, 0.15) is 5.69 Å². The van der Waals surface area contributed by atoms with Gasteiger partial charge in [0.1, 0.15) is 11.8 Å². The number of rotatable bonds is 3. The lowest BCUT2D eigenvalue weighted by Gasteiger charge is -2.06. The minimum atomic E-state index is -2.99. The van der Waals surface area contributed by atoms with Gasteiger partial charge in [0, 0.05) is 6.07 Å². The number of methoxy groups -OCH3 is 1. The molecule has 74 valence electrons. The Labute approximate surface area is 78.7 Å². The van der Waals surface area contributed by atoms with Gasteiger partial charge in [-0.2, -0.15) is 14.0 Å². The van der Waals surface area contributed by atoms with Gasteiger partial charge in [-0.15, -0.1) is 0 Å². The first-order chi connectivity index (χ1) is 6.67. The van der Waals surface area contributed by atoms with Crippen molar-refractivity contribution in [2.45, 2.75) is 6.61 Å². The molecule has 0 aliphatic heterocycles. The highest BCUT2D eigenvalue weighted by atomic mass is 19.3. The molecule has 0 N–H and O–H groups in total. The molecule has 1 aromatic rings. The van der Waals surface area contributed by atoms with Crippen LogP contribution in [-0.2, 0) is 0 Å². The molecule has 1 aromatic heterocycles. The van der Waals surface area contributed by atoms with Gasteiger partial charge >= 0.3 is 6.61 Å². The van der Waals surface area contributed by atoms with Crippen LogP contribution in [0.3, 0.4) is 0 Å². The van der Waals surface area contributed by atoms with Gasteiger partial charge in [0.2, 0.25) is 0 Å². The molecular weight excluding hydrogens is 194 g/mol. The lowest BCUT2D eigenvalue weighted by molar-refractivity contribution is -0.0503. The highest BCUT2D eigenvalue weighted by Gasteiger charge is 2.11. The summed E-state index contributed by atoms with van der Waals surface area (Å²) in [6.45, 7) is -2.99. The van der Waals surface area contributed by atoms with Crippen LogP contribution in [0.2, 0.25) is 0 Å². The van der Waals surface area contributed by atoms with Crippen LogP contribution >= 0.6 is 0 Å². The van der Waals surface area contributed by atoms with Gasteiger partial charge in [-0.25, -0.2) is 4.98 Å². The molecule has 0 saturated carbocycles. The Balaban J connectivity index is 3.03. The number of pyridine rings is 1. The maximum atomic E-state index is 11.9. The summed E-state index contributed by atoms with van der Waals surface area (Å²) in [6.07, 6.45) is 1.25. The van der Waals surface area contributed by atoms with Gasteiger partial charge < -0.3 is 9.47 Å². The predicted octanol–water partition coefficient (Wildman–Crippen LogP) is 1.56. The molecule has 1 rings (SSSR count). The first-order valence-corrected chi connectivity index (χ1v) is 3.56. The van der Waals surface area contributed by atoms with Crippen molar-refractivity contribution in [3.8, 4) is 17.6 Å². The Morgan fingerprint density at radius 2 is 2.29 bits per heavy atom. The fourth-order valence-electron chi connectivity index (χ4n) is 0.808. The Hall–Kier alpha value is -1.90. The lowest BCUT2D eigenvalue weighted by atomic mass is 10.3. The lowest BCUT2D eigenvalue weighted by Crippen LogP contribution is -2.04. The Kier molecular flexibility index (Phi) is 3.18. The smallest absolute Gasteiger partial charge is 0.387 e. The van der Waals surface area contributed by atoms with E-state index in [1.807, 2.05) is 0 Å². The number of hydrogen-bond donors (Lipinski definition) is 0. The van der Waals surface area contributed by atoms with Crippen LogP contribution in [0.4, 0.5) is 8.78 Å². The zero-order chi connectivity index (χ0) is 10.6. The second kappa shape index (κ2) is 4.37. The molecule has 0 fully saturated rings. The zero-order valence-corrected chi connectivity index (χ0v) is 7.20. The van der Waals surface area contributed by atoms with E-state index in [0.29, 0.717) is 0 Å².